The van der Waals surface area contributed by atoms with Crippen molar-refractivity contribution in [3.05, 3.63) is 45.2 Å². The topological polar surface area (TPSA) is 64.0 Å². The smallest absolute Gasteiger partial charge is 0.241 e. The molecule has 0 atom stereocenters. The van der Waals surface area contributed by atoms with E-state index in [2.05, 4.69) is 9.82 Å². The molecule has 0 bridgehead atoms. The van der Waals surface area contributed by atoms with Crippen LogP contribution in [0.5, 0.6) is 0 Å². The molecule has 7 heteroatoms. The highest BCUT2D eigenvalue weighted by atomic mass is 35.5. The fraction of sp³-hybridized carbons (Fsp3) is 0.438. The molecule has 0 amide bonds. The molecule has 1 aromatic heterocycles. The summed E-state index contributed by atoms with van der Waals surface area (Å²) in [5, 5.41) is 4.92. The number of sulfonamides is 1. The van der Waals surface area contributed by atoms with Crippen LogP contribution in [0.15, 0.2) is 17.0 Å². The molecule has 0 aliphatic carbocycles. The predicted octanol–water partition coefficient (Wildman–Crippen LogP) is 3.06. The first-order valence-corrected chi connectivity index (χ1v) is 9.26. The molecule has 0 unspecified atom stereocenters. The Morgan fingerprint density at radius 3 is 2.17 bits per heavy atom. The summed E-state index contributed by atoms with van der Waals surface area (Å²) < 4.78 is 29.5. The highest BCUT2D eigenvalue weighted by Crippen LogP contribution is 2.22. The van der Waals surface area contributed by atoms with Gasteiger partial charge in [0.05, 0.1) is 27.9 Å². The van der Waals surface area contributed by atoms with Gasteiger partial charge < -0.3 is 0 Å². The van der Waals surface area contributed by atoms with Crippen LogP contribution in [0, 0.1) is 34.6 Å². The van der Waals surface area contributed by atoms with Crippen LogP contribution in [0.25, 0.3) is 0 Å². The highest BCUT2D eigenvalue weighted by molar-refractivity contribution is 7.89. The molecular weight excluding hydrogens is 334 g/mol. The van der Waals surface area contributed by atoms with Gasteiger partial charge in [0.15, 0.2) is 0 Å². The second-order valence-corrected chi connectivity index (χ2v) is 7.92. The van der Waals surface area contributed by atoms with E-state index in [1.807, 2.05) is 46.8 Å². The number of hydrogen-bond acceptors (Lipinski definition) is 3. The third kappa shape index (κ3) is 3.76. The lowest BCUT2D eigenvalue weighted by Crippen LogP contribution is -2.29. The minimum Gasteiger partial charge on any atom is -0.267 e. The van der Waals surface area contributed by atoms with E-state index in [0.29, 0.717) is 16.5 Å². The van der Waals surface area contributed by atoms with Crippen molar-refractivity contribution in [1.82, 2.24) is 14.5 Å². The van der Waals surface area contributed by atoms with Crippen LogP contribution in [-0.2, 0) is 16.6 Å². The zero-order valence-corrected chi connectivity index (χ0v) is 15.6. The molecule has 1 N–H and O–H groups in total. The van der Waals surface area contributed by atoms with Gasteiger partial charge in [0.1, 0.15) is 0 Å². The van der Waals surface area contributed by atoms with Crippen molar-refractivity contribution in [3.8, 4) is 0 Å². The normalized spacial score (nSPS) is 11.9. The Morgan fingerprint density at radius 2 is 1.70 bits per heavy atom. The van der Waals surface area contributed by atoms with E-state index >= 15 is 0 Å². The Hall–Kier alpha value is -1.37. The first-order chi connectivity index (χ1) is 10.6. The summed E-state index contributed by atoms with van der Waals surface area (Å²) in [5.41, 5.74) is 4.15. The third-order valence-electron chi connectivity index (χ3n) is 3.78. The van der Waals surface area contributed by atoms with Gasteiger partial charge in [-0.05, 0) is 45.7 Å². The first kappa shape index (κ1) is 18.0. The van der Waals surface area contributed by atoms with Crippen LogP contribution in [0.1, 0.15) is 28.1 Å². The van der Waals surface area contributed by atoms with Gasteiger partial charge in [-0.3, -0.25) is 4.68 Å². The van der Waals surface area contributed by atoms with E-state index in [4.69, 9.17) is 11.6 Å². The second kappa shape index (κ2) is 6.63. The predicted molar refractivity (Wildman–Crippen MR) is 92.6 cm³/mol. The molecule has 0 radical (unpaired) electrons. The van der Waals surface area contributed by atoms with Crippen LogP contribution in [0.3, 0.4) is 0 Å². The fourth-order valence-corrected chi connectivity index (χ4v) is 4.45. The monoisotopic (exact) mass is 355 g/mol. The van der Waals surface area contributed by atoms with Crippen LogP contribution < -0.4 is 4.72 Å². The van der Waals surface area contributed by atoms with E-state index in [0.717, 1.165) is 28.1 Å². The van der Waals surface area contributed by atoms with Crippen LogP contribution >= 0.6 is 11.6 Å². The van der Waals surface area contributed by atoms with Gasteiger partial charge in [-0.1, -0.05) is 29.3 Å². The van der Waals surface area contributed by atoms with Crippen molar-refractivity contribution < 1.29 is 8.42 Å². The minimum atomic E-state index is -3.55. The zero-order valence-electron chi connectivity index (χ0n) is 14.1. The Balaban J connectivity index is 2.15. The number of hydrogen-bond donors (Lipinski definition) is 1. The number of aromatic nitrogens is 2. The minimum absolute atomic E-state index is 0.257. The van der Waals surface area contributed by atoms with Gasteiger partial charge >= 0.3 is 0 Å². The Bertz CT molecular complexity index is 818. The first-order valence-electron chi connectivity index (χ1n) is 7.40. The lowest BCUT2D eigenvalue weighted by atomic mass is 10.1. The number of rotatable bonds is 5. The van der Waals surface area contributed by atoms with Crippen molar-refractivity contribution in [2.24, 2.45) is 0 Å². The lowest BCUT2D eigenvalue weighted by molar-refractivity contribution is 0.553. The third-order valence-corrected chi connectivity index (χ3v) is 6.09. The molecular formula is C16H22ClN3O2S. The number of halogens is 1. The van der Waals surface area contributed by atoms with Gasteiger partial charge in [-0.2, -0.15) is 5.10 Å². The molecule has 0 aliphatic rings. The van der Waals surface area contributed by atoms with Crippen LogP contribution in [-0.4, -0.2) is 24.7 Å². The van der Waals surface area contributed by atoms with E-state index in [9.17, 15) is 8.42 Å². The molecule has 126 valence electrons. The fourth-order valence-electron chi connectivity index (χ4n) is 2.84. The molecule has 0 fully saturated rings. The zero-order chi connectivity index (χ0) is 17.4. The van der Waals surface area contributed by atoms with Crippen LogP contribution in [0.4, 0.5) is 0 Å². The lowest BCUT2D eigenvalue weighted by Gasteiger charge is -2.13. The summed E-state index contributed by atoms with van der Waals surface area (Å²) in [4.78, 5) is 0.356. The Kier molecular flexibility index (Phi) is 5.18. The number of nitrogens with one attached hydrogen (secondary N) is 1. The van der Waals surface area contributed by atoms with Crippen molar-refractivity contribution in [2.45, 2.75) is 46.1 Å². The molecule has 0 spiro atoms. The van der Waals surface area contributed by atoms with Crippen molar-refractivity contribution in [3.63, 3.8) is 0 Å². The summed E-state index contributed by atoms with van der Waals surface area (Å²) in [6.07, 6.45) is 0. The Labute approximate surface area is 142 Å². The summed E-state index contributed by atoms with van der Waals surface area (Å²) >= 11 is 6.10. The Morgan fingerprint density at radius 1 is 1.13 bits per heavy atom. The average Bonchev–Trinajstić information content (AvgIpc) is 2.64. The maximum Gasteiger partial charge on any atom is 0.241 e. The quantitative estimate of drug-likeness (QED) is 0.896. The summed E-state index contributed by atoms with van der Waals surface area (Å²) in [5.74, 6) is 0. The van der Waals surface area contributed by atoms with Gasteiger partial charge in [0, 0.05) is 6.54 Å². The molecule has 1 aromatic carbocycles. The van der Waals surface area contributed by atoms with E-state index in [1.165, 1.54) is 0 Å². The standard InChI is InChI=1S/C16H22ClN3O2S/c1-10-8-11(2)16(12(3)9-10)23(21,22)18-6-7-20-14(5)15(17)13(4)19-20/h8-9,18H,6-7H2,1-5H3. The van der Waals surface area contributed by atoms with Crippen molar-refractivity contribution in [1.29, 1.82) is 0 Å². The molecule has 2 aromatic rings. The molecule has 23 heavy (non-hydrogen) atoms. The van der Waals surface area contributed by atoms with Gasteiger partial charge in [0.2, 0.25) is 10.0 Å². The molecule has 0 saturated heterocycles. The summed E-state index contributed by atoms with van der Waals surface area (Å²) in [6.45, 7) is 9.97. The molecule has 5 nitrogen and oxygen atoms in total. The number of benzene rings is 1. The maximum absolute atomic E-state index is 12.6. The molecule has 0 aliphatic heterocycles. The van der Waals surface area contributed by atoms with Crippen molar-refractivity contribution >= 4 is 21.6 Å². The van der Waals surface area contributed by atoms with Gasteiger partial charge in [-0.25, -0.2) is 13.1 Å². The summed E-state index contributed by atoms with van der Waals surface area (Å²) in [6, 6.07) is 3.75. The second-order valence-electron chi connectivity index (χ2n) is 5.83. The van der Waals surface area contributed by atoms with E-state index in [-0.39, 0.29) is 6.54 Å². The molecule has 0 saturated carbocycles. The maximum atomic E-state index is 12.6. The van der Waals surface area contributed by atoms with Gasteiger partial charge in [0.25, 0.3) is 0 Å². The van der Waals surface area contributed by atoms with E-state index < -0.39 is 10.0 Å². The van der Waals surface area contributed by atoms with Crippen molar-refractivity contribution in [2.75, 3.05) is 6.54 Å². The van der Waals surface area contributed by atoms with E-state index in [1.54, 1.807) is 4.68 Å². The summed E-state index contributed by atoms with van der Waals surface area (Å²) in [7, 11) is -3.55. The highest BCUT2D eigenvalue weighted by Gasteiger charge is 2.19. The van der Waals surface area contributed by atoms with Crippen LogP contribution in [0.2, 0.25) is 5.02 Å². The molecule has 2 rings (SSSR count). The van der Waals surface area contributed by atoms with Gasteiger partial charge in [-0.15, -0.1) is 0 Å². The number of aryl methyl sites for hydroxylation is 4. The number of nitrogens with zero attached hydrogens (tertiary/aromatic N) is 2. The average molecular weight is 356 g/mol. The SMILES string of the molecule is Cc1cc(C)c(S(=O)(=O)NCCn2nc(C)c(Cl)c2C)c(C)c1. The largest absolute Gasteiger partial charge is 0.267 e. The molecule has 1 heterocycles.